The van der Waals surface area contributed by atoms with Crippen LogP contribution in [0.3, 0.4) is 0 Å². The molecule has 0 saturated carbocycles. The van der Waals surface area contributed by atoms with E-state index in [4.69, 9.17) is 4.98 Å². The lowest BCUT2D eigenvalue weighted by Gasteiger charge is -2.34. The van der Waals surface area contributed by atoms with E-state index in [0.29, 0.717) is 0 Å². The molecule has 0 saturated heterocycles. The van der Waals surface area contributed by atoms with Gasteiger partial charge in [0.25, 0.3) is 0 Å². The summed E-state index contributed by atoms with van der Waals surface area (Å²) in [5.41, 5.74) is 17.9. The Morgan fingerprint density at radius 1 is 0.417 bits per heavy atom. The highest BCUT2D eigenvalue weighted by Crippen LogP contribution is 2.59. The average Bonchev–Trinajstić information content (AvgIpc) is 3.96. The quantitative estimate of drug-likeness (QED) is 0.161. The molecule has 0 N–H and O–H groups in total. The molecule has 0 amide bonds. The van der Waals surface area contributed by atoms with Gasteiger partial charge in [-0.15, -0.1) is 0 Å². The van der Waals surface area contributed by atoms with E-state index < -0.39 is 5.41 Å². The molecule has 2 heterocycles. The molecular formula is C56H38N4. The van der Waals surface area contributed by atoms with Crippen LogP contribution in [0.15, 0.2) is 231 Å². The second kappa shape index (κ2) is 13.6. The Labute approximate surface area is 348 Å². The lowest BCUT2D eigenvalue weighted by atomic mass is 9.68. The second-order valence-corrected chi connectivity index (χ2v) is 15.6. The summed E-state index contributed by atoms with van der Waals surface area (Å²) < 4.78 is 4.60. The molecule has 0 spiro atoms. The summed E-state index contributed by atoms with van der Waals surface area (Å²) in [5, 5.41) is 0. The van der Waals surface area contributed by atoms with Crippen LogP contribution < -0.4 is 4.90 Å². The van der Waals surface area contributed by atoms with Crippen molar-refractivity contribution in [3.05, 3.63) is 253 Å². The lowest BCUT2D eigenvalue weighted by molar-refractivity contribution is 0.768. The van der Waals surface area contributed by atoms with Gasteiger partial charge in [0, 0.05) is 22.6 Å². The summed E-state index contributed by atoms with van der Waals surface area (Å²) in [6.45, 7) is 0. The van der Waals surface area contributed by atoms with Gasteiger partial charge in [-0.3, -0.25) is 8.97 Å². The molecule has 4 heteroatoms. The molecule has 0 atom stereocenters. The standard InChI is InChI=1S/C56H38N4/c1-5-18-39(19-6-1)40-32-34-44(35-33-40)58(45-36-37-51-53(38-45)60-50-30-16-15-29-49(50)57-55(60)59(51)43-24-11-4-12-25-43)52-31-17-28-48-54(52)46-26-13-14-27-47(46)56(48,41-20-7-2-8-21-41)42-22-9-3-10-23-42/h1-38H. The zero-order valence-electron chi connectivity index (χ0n) is 32.7. The Bertz CT molecular complexity index is 3310. The number of anilines is 3. The van der Waals surface area contributed by atoms with Gasteiger partial charge in [0.1, 0.15) is 0 Å². The largest absolute Gasteiger partial charge is 0.310 e. The van der Waals surface area contributed by atoms with Crippen LogP contribution in [0.1, 0.15) is 22.3 Å². The Morgan fingerprint density at radius 2 is 1.00 bits per heavy atom. The highest BCUT2D eigenvalue weighted by molar-refractivity contribution is 6.00. The maximum Gasteiger partial charge on any atom is 0.220 e. The summed E-state index contributed by atoms with van der Waals surface area (Å²) in [6.07, 6.45) is 0. The van der Waals surface area contributed by atoms with Gasteiger partial charge in [-0.2, -0.15) is 0 Å². The molecule has 0 fully saturated rings. The fourth-order valence-electron chi connectivity index (χ4n) is 9.88. The normalized spacial score (nSPS) is 12.8. The molecule has 60 heavy (non-hydrogen) atoms. The number of nitrogens with zero attached hydrogens (tertiary/aromatic N) is 4. The molecule has 12 rings (SSSR count). The Morgan fingerprint density at radius 3 is 1.73 bits per heavy atom. The van der Waals surface area contributed by atoms with Crippen molar-refractivity contribution < 1.29 is 0 Å². The first-order chi connectivity index (χ1) is 29.8. The van der Waals surface area contributed by atoms with Gasteiger partial charge >= 0.3 is 0 Å². The Kier molecular flexibility index (Phi) is 7.72. The summed E-state index contributed by atoms with van der Waals surface area (Å²) in [4.78, 5) is 7.68. The molecule has 1 aliphatic rings. The van der Waals surface area contributed by atoms with Gasteiger partial charge in [0.05, 0.1) is 33.2 Å². The minimum atomic E-state index is -0.522. The summed E-state index contributed by atoms with van der Waals surface area (Å²) >= 11 is 0. The predicted octanol–water partition coefficient (Wildman–Crippen LogP) is 13.9. The Balaban J connectivity index is 1.16. The molecule has 282 valence electrons. The van der Waals surface area contributed by atoms with Crippen molar-refractivity contribution >= 4 is 44.9 Å². The number of imidazole rings is 2. The summed E-state index contributed by atoms with van der Waals surface area (Å²) in [5.74, 6) is 0.887. The molecule has 11 aromatic rings. The molecule has 0 unspecified atom stereocenters. The smallest absolute Gasteiger partial charge is 0.220 e. The van der Waals surface area contributed by atoms with Crippen LogP contribution >= 0.6 is 0 Å². The number of hydrogen-bond donors (Lipinski definition) is 0. The zero-order chi connectivity index (χ0) is 39.6. The maximum absolute atomic E-state index is 5.22. The van der Waals surface area contributed by atoms with E-state index in [1.807, 2.05) is 0 Å². The highest BCUT2D eigenvalue weighted by Gasteiger charge is 2.47. The van der Waals surface area contributed by atoms with E-state index in [9.17, 15) is 0 Å². The van der Waals surface area contributed by atoms with Crippen LogP contribution in [0.25, 0.3) is 55.8 Å². The van der Waals surface area contributed by atoms with E-state index >= 15 is 0 Å². The van der Waals surface area contributed by atoms with Crippen LogP contribution in [0, 0.1) is 0 Å². The number of para-hydroxylation sites is 3. The number of benzene rings is 9. The van der Waals surface area contributed by atoms with Crippen molar-refractivity contribution in [3.8, 4) is 27.9 Å². The third-order valence-electron chi connectivity index (χ3n) is 12.4. The van der Waals surface area contributed by atoms with Crippen molar-refractivity contribution in [2.75, 3.05) is 4.90 Å². The molecular weight excluding hydrogens is 729 g/mol. The molecule has 0 aliphatic heterocycles. The van der Waals surface area contributed by atoms with Gasteiger partial charge in [-0.05, 0) is 99.6 Å². The molecule has 9 aromatic carbocycles. The van der Waals surface area contributed by atoms with Gasteiger partial charge in [0.15, 0.2) is 0 Å². The van der Waals surface area contributed by atoms with Gasteiger partial charge < -0.3 is 4.90 Å². The van der Waals surface area contributed by atoms with Crippen molar-refractivity contribution in [2.45, 2.75) is 5.41 Å². The van der Waals surface area contributed by atoms with Crippen LogP contribution in [0.2, 0.25) is 0 Å². The zero-order valence-corrected chi connectivity index (χ0v) is 32.7. The highest BCUT2D eigenvalue weighted by atomic mass is 15.2. The molecule has 0 radical (unpaired) electrons. The SMILES string of the molecule is c1ccc(-c2ccc(N(c3ccc4c(c3)n3c5ccccc5nc3n4-c3ccccc3)c3cccc4c3-c3ccccc3C4(c3ccccc3)c3ccccc3)cc2)cc1. The average molecular weight is 767 g/mol. The first kappa shape index (κ1) is 34.1. The van der Waals surface area contributed by atoms with E-state index in [1.54, 1.807) is 0 Å². The van der Waals surface area contributed by atoms with Crippen LogP contribution in [0.5, 0.6) is 0 Å². The lowest BCUT2D eigenvalue weighted by Crippen LogP contribution is -2.28. The van der Waals surface area contributed by atoms with Crippen molar-refractivity contribution in [1.29, 1.82) is 0 Å². The van der Waals surface area contributed by atoms with Gasteiger partial charge in [0.2, 0.25) is 5.78 Å². The second-order valence-electron chi connectivity index (χ2n) is 15.6. The molecule has 0 bridgehead atoms. The van der Waals surface area contributed by atoms with Crippen molar-refractivity contribution in [3.63, 3.8) is 0 Å². The first-order valence-corrected chi connectivity index (χ1v) is 20.6. The summed E-state index contributed by atoms with van der Waals surface area (Å²) in [7, 11) is 0. The van der Waals surface area contributed by atoms with Crippen LogP contribution in [0.4, 0.5) is 17.1 Å². The van der Waals surface area contributed by atoms with Gasteiger partial charge in [-0.1, -0.05) is 170 Å². The Hall–Kier alpha value is -7.95. The maximum atomic E-state index is 5.22. The van der Waals surface area contributed by atoms with E-state index in [1.165, 1.54) is 44.5 Å². The third-order valence-corrected chi connectivity index (χ3v) is 12.4. The fourth-order valence-corrected chi connectivity index (χ4v) is 9.88. The van der Waals surface area contributed by atoms with E-state index in [2.05, 4.69) is 244 Å². The molecule has 1 aliphatic carbocycles. The monoisotopic (exact) mass is 766 g/mol. The minimum absolute atomic E-state index is 0.522. The first-order valence-electron chi connectivity index (χ1n) is 20.6. The third kappa shape index (κ3) is 5.01. The topological polar surface area (TPSA) is 25.5 Å². The predicted molar refractivity (Wildman–Crippen MR) is 247 cm³/mol. The number of aromatic nitrogens is 3. The van der Waals surface area contributed by atoms with Crippen LogP contribution in [-0.2, 0) is 5.41 Å². The van der Waals surface area contributed by atoms with Crippen LogP contribution in [-0.4, -0.2) is 14.0 Å². The van der Waals surface area contributed by atoms with E-state index in [0.717, 1.165) is 50.6 Å². The number of fused-ring (bicyclic) bond motifs is 8. The van der Waals surface area contributed by atoms with Gasteiger partial charge in [-0.25, -0.2) is 4.98 Å². The molecule has 4 nitrogen and oxygen atoms in total. The number of rotatable bonds is 7. The molecule has 2 aromatic heterocycles. The minimum Gasteiger partial charge on any atom is -0.310 e. The number of hydrogen-bond acceptors (Lipinski definition) is 2. The van der Waals surface area contributed by atoms with E-state index in [-0.39, 0.29) is 0 Å². The van der Waals surface area contributed by atoms with Crippen molar-refractivity contribution in [1.82, 2.24) is 14.0 Å². The fraction of sp³-hybridized carbons (Fsp3) is 0.0179. The van der Waals surface area contributed by atoms with Crippen molar-refractivity contribution in [2.24, 2.45) is 0 Å². The summed E-state index contributed by atoms with van der Waals surface area (Å²) in [6, 6.07) is 83.5.